The van der Waals surface area contributed by atoms with Crippen LogP contribution in [-0.4, -0.2) is 36.4 Å². The first-order chi connectivity index (χ1) is 7.79. The minimum Gasteiger partial charge on any atom is -0.389 e. The average Bonchev–Trinajstić information content (AvgIpc) is 2.68. The Hall–Kier alpha value is -0.120. The first-order valence-electron chi connectivity index (χ1n) is 6.95. The summed E-state index contributed by atoms with van der Waals surface area (Å²) in [6.07, 6.45) is 9.54. The lowest BCUT2D eigenvalue weighted by Crippen LogP contribution is -2.44. The van der Waals surface area contributed by atoms with E-state index in [1.165, 1.54) is 38.5 Å². The summed E-state index contributed by atoms with van der Waals surface area (Å²) in [6.45, 7) is 2.96. The van der Waals surface area contributed by atoms with Crippen molar-refractivity contribution in [2.75, 3.05) is 19.6 Å². The van der Waals surface area contributed by atoms with Crippen LogP contribution in [0.3, 0.4) is 0 Å². The zero-order valence-corrected chi connectivity index (χ0v) is 10.3. The van der Waals surface area contributed by atoms with Crippen LogP contribution in [0.4, 0.5) is 0 Å². The molecule has 2 rings (SSSR count). The van der Waals surface area contributed by atoms with Crippen molar-refractivity contribution in [1.82, 2.24) is 10.6 Å². The lowest BCUT2D eigenvalue weighted by Gasteiger charge is -2.27. The topological polar surface area (TPSA) is 44.3 Å². The van der Waals surface area contributed by atoms with Gasteiger partial charge < -0.3 is 15.7 Å². The lowest BCUT2D eigenvalue weighted by atomic mass is 9.94. The Morgan fingerprint density at radius 2 is 1.88 bits per heavy atom. The summed E-state index contributed by atoms with van der Waals surface area (Å²) in [5.74, 6) is 0. The van der Waals surface area contributed by atoms with Crippen molar-refractivity contribution in [1.29, 1.82) is 0 Å². The molecule has 1 aliphatic heterocycles. The molecule has 0 aromatic rings. The third-order valence-electron chi connectivity index (χ3n) is 4.04. The smallest absolute Gasteiger partial charge is 0.0771 e. The molecule has 2 aliphatic rings. The minimum absolute atomic E-state index is 0.422. The predicted octanol–water partition coefficient (Wildman–Crippen LogP) is 1.41. The molecule has 3 N–H and O–H groups in total. The molecule has 1 saturated carbocycles. The van der Waals surface area contributed by atoms with Crippen LogP contribution in [0.5, 0.6) is 0 Å². The number of hydrogen-bond acceptors (Lipinski definition) is 3. The van der Waals surface area contributed by atoms with E-state index in [-0.39, 0.29) is 0 Å². The molecule has 2 fully saturated rings. The van der Waals surface area contributed by atoms with E-state index in [2.05, 4.69) is 10.6 Å². The van der Waals surface area contributed by atoms with Crippen molar-refractivity contribution < 1.29 is 5.11 Å². The summed E-state index contributed by atoms with van der Waals surface area (Å²) in [4.78, 5) is 0. The number of nitrogens with one attached hydrogen (secondary N) is 2. The summed E-state index contributed by atoms with van der Waals surface area (Å²) in [7, 11) is 0. The molecule has 0 aromatic heterocycles. The van der Waals surface area contributed by atoms with Crippen LogP contribution in [0.2, 0.25) is 0 Å². The monoisotopic (exact) mass is 226 g/mol. The summed E-state index contributed by atoms with van der Waals surface area (Å²) < 4.78 is 0. The van der Waals surface area contributed by atoms with E-state index in [0.717, 1.165) is 32.5 Å². The van der Waals surface area contributed by atoms with Gasteiger partial charge in [-0.05, 0) is 32.2 Å². The Balaban J connectivity index is 1.66. The molecular weight excluding hydrogens is 200 g/mol. The van der Waals surface area contributed by atoms with Gasteiger partial charge in [-0.25, -0.2) is 0 Å². The second-order valence-electron chi connectivity index (χ2n) is 5.56. The highest BCUT2D eigenvalue weighted by Crippen LogP contribution is 2.26. The van der Waals surface area contributed by atoms with E-state index in [1.54, 1.807) is 0 Å². The van der Waals surface area contributed by atoms with Crippen LogP contribution in [0, 0.1) is 0 Å². The predicted molar refractivity (Wildman–Crippen MR) is 66.5 cm³/mol. The van der Waals surface area contributed by atoms with Gasteiger partial charge in [0.15, 0.2) is 0 Å². The van der Waals surface area contributed by atoms with Crippen molar-refractivity contribution in [2.24, 2.45) is 0 Å². The maximum Gasteiger partial charge on any atom is 0.0771 e. The quantitative estimate of drug-likeness (QED) is 0.635. The van der Waals surface area contributed by atoms with Gasteiger partial charge in [-0.15, -0.1) is 0 Å². The van der Waals surface area contributed by atoms with Crippen molar-refractivity contribution >= 4 is 0 Å². The third kappa shape index (κ3) is 3.72. The van der Waals surface area contributed by atoms with Gasteiger partial charge in [0, 0.05) is 19.1 Å². The minimum atomic E-state index is -0.422. The van der Waals surface area contributed by atoms with Gasteiger partial charge in [0.25, 0.3) is 0 Å². The van der Waals surface area contributed by atoms with Crippen molar-refractivity contribution in [3.63, 3.8) is 0 Å². The Kier molecular flexibility index (Phi) is 4.62. The van der Waals surface area contributed by atoms with Crippen molar-refractivity contribution in [3.05, 3.63) is 0 Å². The second-order valence-corrected chi connectivity index (χ2v) is 5.56. The molecule has 0 radical (unpaired) electrons. The zero-order chi connectivity index (χ0) is 11.3. The standard InChI is InChI=1S/C13H26N2O/c16-13(7-3-1-2-4-8-13)11-14-10-12-6-5-9-15-12/h12,14-16H,1-11H2. The molecule has 3 nitrogen and oxygen atoms in total. The Bertz CT molecular complexity index is 194. The molecule has 94 valence electrons. The number of aliphatic hydroxyl groups is 1. The fourth-order valence-electron chi connectivity index (χ4n) is 2.97. The lowest BCUT2D eigenvalue weighted by molar-refractivity contribution is 0.0251. The zero-order valence-electron chi connectivity index (χ0n) is 10.3. The van der Waals surface area contributed by atoms with E-state index in [0.29, 0.717) is 6.04 Å². The van der Waals surface area contributed by atoms with Crippen molar-refractivity contribution in [3.8, 4) is 0 Å². The summed E-state index contributed by atoms with van der Waals surface area (Å²) in [6, 6.07) is 0.634. The normalized spacial score (nSPS) is 30.2. The molecule has 1 heterocycles. The van der Waals surface area contributed by atoms with E-state index < -0.39 is 5.60 Å². The fourth-order valence-corrected chi connectivity index (χ4v) is 2.97. The highest BCUT2D eigenvalue weighted by Gasteiger charge is 2.27. The fraction of sp³-hybridized carbons (Fsp3) is 1.00. The number of rotatable bonds is 4. The Labute approximate surface area is 99.0 Å². The summed E-state index contributed by atoms with van der Waals surface area (Å²) >= 11 is 0. The summed E-state index contributed by atoms with van der Waals surface area (Å²) in [5, 5.41) is 17.4. The largest absolute Gasteiger partial charge is 0.389 e. The van der Waals surface area contributed by atoms with E-state index >= 15 is 0 Å². The first kappa shape index (κ1) is 12.3. The Morgan fingerprint density at radius 3 is 2.50 bits per heavy atom. The summed E-state index contributed by atoms with van der Waals surface area (Å²) in [5.41, 5.74) is -0.422. The van der Waals surface area contributed by atoms with Crippen LogP contribution < -0.4 is 10.6 Å². The first-order valence-corrected chi connectivity index (χ1v) is 6.95. The highest BCUT2D eigenvalue weighted by molar-refractivity contribution is 4.85. The van der Waals surface area contributed by atoms with Crippen LogP contribution in [-0.2, 0) is 0 Å². The van der Waals surface area contributed by atoms with Gasteiger partial charge in [0.05, 0.1) is 5.60 Å². The van der Waals surface area contributed by atoms with Gasteiger partial charge >= 0.3 is 0 Å². The molecule has 1 unspecified atom stereocenters. The molecule has 1 saturated heterocycles. The molecule has 0 spiro atoms. The maximum absolute atomic E-state index is 10.4. The van der Waals surface area contributed by atoms with Gasteiger partial charge in [-0.3, -0.25) is 0 Å². The molecule has 1 atom stereocenters. The third-order valence-corrected chi connectivity index (χ3v) is 4.04. The molecule has 0 amide bonds. The van der Waals surface area contributed by atoms with E-state index in [9.17, 15) is 5.11 Å². The van der Waals surface area contributed by atoms with Crippen LogP contribution in [0.1, 0.15) is 51.4 Å². The molecular formula is C13H26N2O. The van der Waals surface area contributed by atoms with Crippen molar-refractivity contribution in [2.45, 2.75) is 63.0 Å². The van der Waals surface area contributed by atoms with Gasteiger partial charge in [-0.1, -0.05) is 25.7 Å². The van der Waals surface area contributed by atoms with E-state index in [4.69, 9.17) is 0 Å². The molecule has 1 aliphatic carbocycles. The average molecular weight is 226 g/mol. The molecule has 0 aromatic carbocycles. The molecule has 16 heavy (non-hydrogen) atoms. The van der Waals surface area contributed by atoms with Gasteiger partial charge in [0.2, 0.25) is 0 Å². The SMILES string of the molecule is OC1(CNCC2CCCN2)CCCCCC1. The second kappa shape index (κ2) is 5.99. The van der Waals surface area contributed by atoms with Crippen LogP contribution in [0.15, 0.2) is 0 Å². The highest BCUT2D eigenvalue weighted by atomic mass is 16.3. The van der Waals surface area contributed by atoms with Crippen LogP contribution >= 0.6 is 0 Å². The van der Waals surface area contributed by atoms with Gasteiger partial charge in [-0.2, -0.15) is 0 Å². The van der Waals surface area contributed by atoms with Crippen LogP contribution in [0.25, 0.3) is 0 Å². The van der Waals surface area contributed by atoms with Gasteiger partial charge in [0.1, 0.15) is 0 Å². The number of hydrogen-bond donors (Lipinski definition) is 3. The Morgan fingerprint density at radius 1 is 1.12 bits per heavy atom. The molecule has 0 bridgehead atoms. The maximum atomic E-state index is 10.4. The van der Waals surface area contributed by atoms with E-state index in [1.807, 2.05) is 0 Å². The molecule has 3 heteroatoms.